The number of aromatic carboxylic acids is 1. The summed E-state index contributed by atoms with van der Waals surface area (Å²) >= 11 is 0. The lowest BCUT2D eigenvalue weighted by Gasteiger charge is -1.95. The average molecular weight is 236 g/mol. The van der Waals surface area contributed by atoms with Crippen molar-refractivity contribution >= 4 is 5.97 Å². The van der Waals surface area contributed by atoms with Crippen molar-refractivity contribution in [3.63, 3.8) is 0 Å². The summed E-state index contributed by atoms with van der Waals surface area (Å²) in [6.07, 6.45) is 1.56. The molecular weight excluding hydrogens is 224 g/mol. The molecular formula is C10H12N4O3. The Kier molecular flexibility index (Phi) is 2.90. The molecule has 7 nitrogen and oxygen atoms in total. The first-order valence-corrected chi connectivity index (χ1v) is 5.15. The van der Waals surface area contributed by atoms with Crippen molar-refractivity contribution in [2.24, 2.45) is 0 Å². The summed E-state index contributed by atoms with van der Waals surface area (Å²) in [5.74, 6) is 0.177. The Morgan fingerprint density at radius 2 is 2.35 bits per heavy atom. The molecule has 0 saturated heterocycles. The van der Waals surface area contributed by atoms with E-state index >= 15 is 0 Å². The lowest BCUT2D eigenvalue weighted by atomic mass is 10.2. The first kappa shape index (κ1) is 11.3. The van der Waals surface area contributed by atoms with Gasteiger partial charge in [-0.15, -0.1) is 0 Å². The molecule has 0 aliphatic heterocycles. The third kappa shape index (κ3) is 2.49. The van der Waals surface area contributed by atoms with Gasteiger partial charge in [0, 0.05) is 12.1 Å². The van der Waals surface area contributed by atoms with Crippen LogP contribution >= 0.6 is 0 Å². The number of carboxylic acids is 1. The van der Waals surface area contributed by atoms with Gasteiger partial charge in [0.05, 0.1) is 0 Å². The van der Waals surface area contributed by atoms with Gasteiger partial charge in [-0.05, 0) is 6.07 Å². The minimum absolute atomic E-state index is 0.00593. The van der Waals surface area contributed by atoms with E-state index in [-0.39, 0.29) is 18.2 Å². The van der Waals surface area contributed by atoms with E-state index < -0.39 is 5.97 Å². The zero-order valence-electron chi connectivity index (χ0n) is 9.49. The van der Waals surface area contributed by atoms with Crippen LogP contribution in [0, 0.1) is 0 Å². The average Bonchev–Trinajstić information content (AvgIpc) is 2.87. The second-order valence-electron chi connectivity index (χ2n) is 3.90. The second-order valence-corrected chi connectivity index (χ2v) is 3.90. The normalized spacial score (nSPS) is 11.0. The van der Waals surface area contributed by atoms with Crippen molar-refractivity contribution in [1.29, 1.82) is 0 Å². The molecule has 0 aromatic carbocycles. The molecule has 0 spiro atoms. The summed E-state index contributed by atoms with van der Waals surface area (Å²) in [5.41, 5.74) is -0.00593. The molecule has 2 rings (SSSR count). The van der Waals surface area contributed by atoms with Gasteiger partial charge < -0.3 is 9.63 Å². The highest BCUT2D eigenvalue weighted by atomic mass is 16.5. The number of aromatic nitrogens is 4. The van der Waals surface area contributed by atoms with Gasteiger partial charge in [0.1, 0.15) is 6.54 Å². The molecule has 0 atom stereocenters. The number of hydrogen-bond acceptors (Lipinski definition) is 5. The lowest BCUT2D eigenvalue weighted by molar-refractivity contribution is 0.0689. The highest BCUT2D eigenvalue weighted by Crippen LogP contribution is 2.10. The highest BCUT2D eigenvalue weighted by molar-refractivity contribution is 5.84. The van der Waals surface area contributed by atoms with E-state index in [1.807, 2.05) is 13.8 Å². The third-order valence-electron chi connectivity index (χ3n) is 2.16. The lowest BCUT2D eigenvalue weighted by Crippen LogP contribution is -2.04. The van der Waals surface area contributed by atoms with Gasteiger partial charge in [-0.25, -0.2) is 4.79 Å². The van der Waals surface area contributed by atoms with Gasteiger partial charge in [0.15, 0.2) is 11.5 Å². The predicted octanol–water partition coefficient (Wildman–Crippen LogP) is 1.14. The maximum absolute atomic E-state index is 10.6. The van der Waals surface area contributed by atoms with Crippen LogP contribution in [-0.2, 0) is 6.54 Å². The highest BCUT2D eigenvalue weighted by Gasteiger charge is 2.12. The fraction of sp³-hybridized carbons (Fsp3) is 0.400. The Morgan fingerprint density at radius 3 is 2.88 bits per heavy atom. The SMILES string of the molecule is CC(C)c1noc(Cn2ccc(C(=O)O)n2)n1. The molecule has 0 fully saturated rings. The van der Waals surface area contributed by atoms with Crippen molar-refractivity contribution in [1.82, 2.24) is 19.9 Å². The van der Waals surface area contributed by atoms with Crippen molar-refractivity contribution in [3.8, 4) is 0 Å². The van der Waals surface area contributed by atoms with Crippen molar-refractivity contribution in [2.75, 3.05) is 0 Å². The minimum Gasteiger partial charge on any atom is -0.476 e. The number of nitrogens with zero attached hydrogens (tertiary/aromatic N) is 4. The number of rotatable bonds is 4. The van der Waals surface area contributed by atoms with Gasteiger partial charge in [0.2, 0.25) is 5.89 Å². The summed E-state index contributed by atoms with van der Waals surface area (Å²) in [4.78, 5) is 14.8. The monoisotopic (exact) mass is 236 g/mol. The predicted molar refractivity (Wildman–Crippen MR) is 56.7 cm³/mol. The van der Waals surface area contributed by atoms with Crippen molar-refractivity contribution in [3.05, 3.63) is 29.7 Å². The largest absolute Gasteiger partial charge is 0.476 e. The summed E-state index contributed by atoms with van der Waals surface area (Å²) in [7, 11) is 0. The fourth-order valence-corrected chi connectivity index (χ4v) is 1.27. The Hall–Kier alpha value is -2.18. The van der Waals surface area contributed by atoms with Crippen LogP contribution in [0.2, 0.25) is 0 Å². The van der Waals surface area contributed by atoms with Gasteiger partial charge in [-0.2, -0.15) is 10.1 Å². The first-order chi connectivity index (χ1) is 8.06. The third-order valence-corrected chi connectivity index (χ3v) is 2.16. The molecule has 0 aliphatic rings. The molecule has 0 unspecified atom stereocenters. The van der Waals surface area contributed by atoms with E-state index in [0.717, 1.165) is 0 Å². The molecule has 0 amide bonds. The molecule has 17 heavy (non-hydrogen) atoms. The molecule has 0 bridgehead atoms. The zero-order valence-corrected chi connectivity index (χ0v) is 9.49. The van der Waals surface area contributed by atoms with E-state index in [2.05, 4.69) is 15.2 Å². The van der Waals surface area contributed by atoms with Gasteiger partial charge in [0.25, 0.3) is 0 Å². The molecule has 90 valence electrons. The molecule has 0 saturated carbocycles. The Bertz CT molecular complexity index is 529. The Morgan fingerprint density at radius 1 is 1.59 bits per heavy atom. The maximum atomic E-state index is 10.6. The maximum Gasteiger partial charge on any atom is 0.356 e. The number of carboxylic acid groups (broad SMARTS) is 1. The van der Waals surface area contributed by atoms with Crippen LogP contribution in [0.25, 0.3) is 0 Å². The van der Waals surface area contributed by atoms with Crippen LogP contribution < -0.4 is 0 Å². The van der Waals surface area contributed by atoms with E-state index in [4.69, 9.17) is 9.63 Å². The summed E-state index contributed by atoms with van der Waals surface area (Å²) in [6, 6.07) is 1.42. The molecule has 2 heterocycles. The van der Waals surface area contributed by atoms with E-state index in [1.165, 1.54) is 10.7 Å². The van der Waals surface area contributed by atoms with Gasteiger partial charge in [-0.1, -0.05) is 19.0 Å². The van der Waals surface area contributed by atoms with Gasteiger partial charge in [-0.3, -0.25) is 4.68 Å². The quantitative estimate of drug-likeness (QED) is 0.855. The fourth-order valence-electron chi connectivity index (χ4n) is 1.27. The minimum atomic E-state index is -1.06. The Labute approximate surface area is 97.1 Å². The van der Waals surface area contributed by atoms with Crippen LogP contribution in [0.1, 0.15) is 42.0 Å². The van der Waals surface area contributed by atoms with Crippen LogP contribution in [-0.4, -0.2) is 31.0 Å². The summed E-state index contributed by atoms with van der Waals surface area (Å²) in [6.45, 7) is 4.20. The Balaban J connectivity index is 2.11. The van der Waals surface area contributed by atoms with Gasteiger partial charge >= 0.3 is 5.97 Å². The second kappa shape index (κ2) is 4.36. The first-order valence-electron chi connectivity index (χ1n) is 5.15. The molecule has 2 aromatic heterocycles. The van der Waals surface area contributed by atoms with Crippen LogP contribution in [0.15, 0.2) is 16.8 Å². The molecule has 2 aromatic rings. The molecule has 7 heteroatoms. The van der Waals surface area contributed by atoms with Crippen LogP contribution in [0.3, 0.4) is 0 Å². The van der Waals surface area contributed by atoms with E-state index in [9.17, 15) is 4.79 Å². The number of carbonyl (C=O) groups is 1. The van der Waals surface area contributed by atoms with E-state index in [0.29, 0.717) is 11.7 Å². The van der Waals surface area contributed by atoms with E-state index in [1.54, 1.807) is 6.20 Å². The van der Waals surface area contributed by atoms with Crippen LogP contribution in [0.5, 0.6) is 0 Å². The summed E-state index contributed by atoms with van der Waals surface area (Å²) < 4.78 is 6.48. The standard InChI is InChI=1S/C10H12N4O3/c1-6(2)9-11-8(17-13-9)5-14-4-3-7(12-14)10(15)16/h3-4,6H,5H2,1-2H3,(H,15,16). The number of hydrogen-bond donors (Lipinski definition) is 1. The van der Waals surface area contributed by atoms with Crippen molar-refractivity contribution in [2.45, 2.75) is 26.3 Å². The summed E-state index contributed by atoms with van der Waals surface area (Å²) in [5, 5.41) is 16.4. The molecule has 1 N–H and O–H groups in total. The smallest absolute Gasteiger partial charge is 0.356 e. The van der Waals surface area contributed by atoms with Crippen molar-refractivity contribution < 1.29 is 14.4 Å². The topological polar surface area (TPSA) is 94.0 Å². The van der Waals surface area contributed by atoms with Crippen LogP contribution in [0.4, 0.5) is 0 Å². The molecule has 0 aliphatic carbocycles. The molecule has 0 radical (unpaired) electrons. The zero-order chi connectivity index (χ0) is 12.4.